The predicted molar refractivity (Wildman–Crippen MR) is 85.5 cm³/mol. The lowest BCUT2D eigenvalue weighted by Crippen LogP contribution is -2.37. The Morgan fingerprint density at radius 3 is 3.00 bits per heavy atom. The van der Waals surface area contributed by atoms with Gasteiger partial charge in [-0.1, -0.05) is 29.3 Å². The van der Waals surface area contributed by atoms with E-state index >= 15 is 0 Å². The van der Waals surface area contributed by atoms with E-state index in [9.17, 15) is 4.79 Å². The van der Waals surface area contributed by atoms with Crippen molar-refractivity contribution in [2.45, 2.75) is 45.7 Å². The number of halogens is 1. The molecule has 21 heavy (non-hydrogen) atoms. The number of carbonyl (C=O) groups is 1. The van der Waals surface area contributed by atoms with Crippen molar-refractivity contribution in [3.05, 3.63) is 27.7 Å². The number of hydrogen-bond acceptors (Lipinski definition) is 4. The van der Waals surface area contributed by atoms with E-state index in [0.717, 1.165) is 41.7 Å². The zero-order chi connectivity index (χ0) is 15.2. The molecule has 1 unspecified atom stereocenters. The summed E-state index contributed by atoms with van der Waals surface area (Å²) in [6, 6.07) is 3.89. The molecule has 4 nitrogen and oxygen atoms in total. The molecule has 0 amide bonds. The van der Waals surface area contributed by atoms with Gasteiger partial charge in [-0.3, -0.25) is 4.79 Å². The zero-order valence-corrected chi connectivity index (χ0v) is 14.2. The van der Waals surface area contributed by atoms with Gasteiger partial charge in [-0.05, 0) is 31.0 Å². The SMILES string of the molecule is CCCC(NCc1cc(Br)cc2c1OCC2)C(=O)OCC. The highest BCUT2D eigenvalue weighted by atomic mass is 79.9. The maximum absolute atomic E-state index is 11.9. The van der Waals surface area contributed by atoms with Crippen molar-refractivity contribution in [1.29, 1.82) is 0 Å². The van der Waals surface area contributed by atoms with Gasteiger partial charge in [-0.15, -0.1) is 0 Å². The lowest BCUT2D eigenvalue weighted by Gasteiger charge is -2.17. The Labute approximate surface area is 134 Å². The molecule has 0 radical (unpaired) electrons. The van der Waals surface area contributed by atoms with E-state index in [0.29, 0.717) is 13.2 Å². The van der Waals surface area contributed by atoms with Gasteiger partial charge in [-0.2, -0.15) is 0 Å². The average Bonchev–Trinajstić information content (AvgIpc) is 2.91. The molecule has 0 saturated carbocycles. The lowest BCUT2D eigenvalue weighted by molar-refractivity contribution is -0.145. The van der Waals surface area contributed by atoms with E-state index in [1.165, 1.54) is 5.56 Å². The molecule has 1 aromatic rings. The van der Waals surface area contributed by atoms with Crippen LogP contribution in [0.4, 0.5) is 0 Å². The van der Waals surface area contributed by atoms with Crippen LogP contribution in [0.25, 0.3) is 0 Å². The van der Waals surface area contributed by atoms with Gasteiger partial charge in [0.1, 0.15) is 11.8 Å². The van der Waals surface area contributed by atoms with E-state index in [4.69, 9.17) is 9.47 Å². The predicted octanol–water partition coefficient (Wildman–Crippen LogP) is 3.21. The Balaban J connectivity index is 2.05. The summed E-state index contributed by atoms with van der Waals surface area (Å²) < 4.78 is 11.9. The molecule has 1 N–H and O–H groups in total. The zero-order valence-electron chi connectivity index (χ0n) is 12.6. The highest BCUT2D eigenvalue weighted by molar-refractivity contribution is 9.10. The fourth-order valence-electron chi connectivity index (χ4n) is 2.55. The molecule has 1 atom stereocenters. The Hall–Kier alpha value is -1.07. The minimum Gasteiger partial charge on any atom is -0.493 e. The molecule has 5 heteroatoms. The molecule has 1 aliphatic heterocycles. The first kappa shape index (κ1) is 16.3. The molecule has 0 saturated heterocycles. The molecule has 0 bridgehead atoms. The molecule has 116 valence electrons. The summed E-state index contributed by atoms with van der Waals surface area (Å²) in [4.78, 5) is 11.9. The summed E-state index contributed by atoms with van der Waals surface area (Å²) in [5, 5.41) is 3.30. The summed E-state index contributed by atoms with van der Waals surface area (Å²) in [6.45, 7) is 5.64. The fraction of sp³-hybridized carbons (Fsp3) is 0.562. The monoisotopic (exact) mass is 355 g/mol. The first-order valence-electron chi connectivity index (χ1n) is 7.49. The van der Waals surface area contributed by atoms with Crippen molar-refractivity contribution in [2.24, 2.45) is 0 Å². The third-order valence-electron chi connectivity index (χ3n) is 3.51. The normalized spacial score (nSPS) is 14.4. The van der Waals surface area contributed by atoms with Crippen LogP contribution in [0.15, 0.2) is 16.6 Å². The fourth-order valence-corrected chi connectivity index (χ4v) is 3.10. The number of esters is 1. The minimum absolute atomic E-state index is 0.174. The van der Waals surface area contributed by atoms with E-state index in [1.54, 1.807) is 0 Å². The highest BCUT2D eigenvalue weighted by Gasteiger charge is 2.21. The van der Waals surface area contributed by atoms with Crippen molar-refractivity contribution in [3.8, 4) is 5.75 Å². The smallest absolute Gasteiger partial charge is 0.323 e. The van der Waals surface area contributed by atoms with Gasteiger partial charge in [0.15, 0.2) is 0 Å². The number of benzene rings is 1. The summed E-state index contributed by atoms with van der Waals surface area (Å²) in [7, 11) is 0. The Bertz CT molecular complexity index is 505. The van der Waals surface area contributed by atoms with Crippen LogP contribution in [0, 0.1) is 0 Å². The Morgan fingerprint density at radius 2 is 2.29 bits per heavy atom. The largest absolute Gasteiger partial charge is 0.493 e. The van der Waals surface area contributed by atoms with Crippen LogP contribution in [0.5, 0.6) is 5.75 Å². The molecular formula is C16H22BrNO3. The minimum atomic E-state index is -0.258. The molecule has 1 heterocycles. The third kappa shape index (κ3) is 4.20. The number of fused-ring (bicyclic) bond motifs is 1. The first-order valence-corrected chi connectivity index (χ1v) is 8.29. The van der Waals surface area contributed by atoms with E-state index in [-0.39, 0.29) is 12.0 Å². The maximum atomic E-state index is 11.9. The van der Waals surface area contributed by atoms with Gasteiger partial charge in [-0.25, -0.2) is 0 Å². The van der Waals surface area contributed by atoms with Gasteiger partial charge in [0, 0.05) is 23.0 Å². The van der Waals surface area contributed by atoms with Crippen LogP contribution >= 0.6 is 15.9 Å². The van der Waals surface area contributed by atoms with Crippen molar-refractivity contribution in [1.82, 2.24) is 5.32 Å². The highest BCUT2D eigenvalue weighted by Crippen LogP contribution is 2.33. The second-order valence-electron chi connectivity index (χ2n) is 5.13. The molecule has 1 aromatic carbocycles. The molecule has 0 fully saturated rings. The molecule has 1 aliphatic rings. The number of rotatable bonds is 7. The van der Waals surface area contributed by atoms with Crippen LogP contribution in [0.1, 0.15) is 37.8 Å². The topological polar surface area (TPSA) is 47.6 Å². The second-order valence-corrected chi connectivity index (χ2v) is 6.04. The van der Waals surface area contributed by atoms with Gasteiger partial charge >= 0.3 is 5.97 Å². The Kier molecular flexibility index (Phi) is 6.06. The van der Waals surface area contributed by atoms with E-state index in [1.807, 2.05) is 13.0 Å². The standard InChI is InChI=1S/C16H22BrNO3/c1-3-5-14(16(19)20-4-2)18-10-12-9-13(17)8-11-6-7-21-15(11)12/h8-9,14,18H,3-7,10H2,1-2H3. The van der Waals surface area contributed by atoms with Crippen LogP contribution in [0.3, 0.4) is 0 Å². The number of hydrogen-bond donors (Lipinski definition) is 1. The van der Waals surface area contributed by atoms with Crippen LogP contribution < -0.4 is 10.1 Å². The summed E-state index contributed by atoms with van der Waals surface area (Å²) in [6.07, 6.45) is 2.65. The summed E-state index contributed by atoms with van der Waals surface area (Å²) in [5.41, 5.74) is 2.31. The average molecular weight is 356 g/mol. The van der Waals surface area contributed by atoms with Crippen molar-refractivity contribution in [2.75, 3.05) is 13.2 Å². The van der Waals surface area contributed by atoms with Gasteiger partial charge < -0.3 is 14.8 Å². The number of carbonyl (C=O) groups excluding carboxylic acids is 1. The second kappa shape index (κ2) is 7.80. The molecule has 0 spiro atoms. The van der Waals surface area contributed by atoms with E-state index < -0.39 is 0 Å². The number of nitrogens with one attached hydrogen (secondary N) is 1. The molecule has 0 aliphatic carbocycles. The molecular weight excluding hydrogens is 334 g/mol. The van der Waals surface area contributed by atoms with Gasteiger partial charge in [0.25, 0.3) is 0 Å². The van der Waals surface area contributed by atoms with Crippen molar-refractivity contribution < 1.29 is 14.3 Å². The van der Waals surface area contributed by atoms with Crippen LogP contribution in [0.2, 0.25) is 0 Å². The van der Waals surface area contributed by atoms with E-state index in [2.05, 4.69) is 34.2 Å². The Morgan fingerprint density at radius 1 is 1.48 bits per heavy atom. The summed E-state index contributed by atoms with van der Waals surface area (Å²) >= 11 is 3.53. The summed E-state index contributed by atoms with van der Waals surface area (Å²) in [5.74, 6) is 0.789. The van der Waals surface area contributed by atoms with Crippen molar-refractivity contribution in [3.63, 3.8) is 0 Å². The third-order valence-corrected chi connectivity index (χ3v) is 3.97. The molecule has 2 rings (SSSR count). The first-order chi connectivity index (χ1) is 10.2. The van der Waals surface area contributed by atoms with Gasteiger partial charge in [0.2, 0.25) is 0 Å². The maximum Gasteiger partial charge on any atom is 0.323 e. The lowest BCUT2D eigenvalue weighted by atomic mass is 10.1. The quantitative estimate of drug-likeness (QED) is 0.763. The van der Waals surface area contributed by atoms with Crippen LogP contribution in [-0.2, 0) is 22.5 Å². The van der Waals surface area contributed by atoms with Crippen molar-refractivity contribution >= 4 is 21.9 Å². The number of ether oxygens (including phenoxy) is 2. The van der Waals surface area contributed by atoms with Gasteiger partial charge in [0.05, 0.1) is 13.2 Å². The van der Waals surface area contributed by atoms with Crippen LogP contribution in [-0.4, -0.2) is 25.2 Å². The molecule has 0 aromatic heterocycles.